The van der Waals surface area contributed by atoms with E-state index in [1.165, 1.54) is 34.9 Å². The van der Waals surface area contributed by atoms with Gasteiger partial charge in [-0.15, -0.1) is 0 Å². The molecule has 2 aromatic carbocycles. The normalized spacial score (nSPS) is 18.9. The molecule has 1 unspecified atom stereocenters. The number of allylic oxidation sites excluding steroid dienone is 1. The molecule has 4 rings (SSSR count). The van der Waals surface area contributed by atoms with Crippen LogP contribution in [0.15, 0.2) is 47.5 Å². The zero-order valence-electron chi connectivity index (χ0n) is 20.6. The van der Waals surface area contributed by atoms with Gasteiger partial charge in [-0.1, -0.05) is 84.7 Å². The molecule has 7 nitrogen and oxygen atoms in total. The van der Waals surface area contributed by atoms with Crippen LogP contribution in [-0.4, -0.2) is 23.6 Å². The van der Waals surface area contributed by atoms with Crippen molar-refractivity contribution in [3.8, 4) is 0 Å². The average Bonchev–Trinajstić information content (AvgIpc) is 3.34. The van der Waals surface area contributed by atoms with Crippen LogP contribution in [0.25, 0.3) is 0 Å². The van der Waals surface area contributed by atoms with Crippen LogP contribution in [0.1, 0.15) is 51.9 Å². The van der Waals surface area contributed by atoms with Crippen LogP contribution in [-0.2, 0) is 14.4 Å². The summed E-state index contributed by atoms with van der Waals surface area (Å²) in [6.07, 6.45) is 9.32. The molecule has 2 aliphatic heterocycles. The lowest BCUT2D eigenvalue weighted by atomic mass is 10.1. The summed E-state index contributed by atoms with van der Waals surface area (Å²) in [5, 5.41) is 2.22. The topological polar surface area (TPSA) is 82.1 Å². The predicted molar refractivity (Wildman–Crippen MR) is 154 cm³/mol. The first kappa shape index (κ1) is 28.4. The van der Waals surface area contributed by atoms with Gasteiger partial charge >= 0.3 is 0 Å². The van der Waals surface area contributed by atoms with Crippen molar-refractivity contribution in [1.82, 2.24) is 5.43 Å². The fourth-order valence-electron chi connectivity index (χ4n) is 4.34. The second-order valence-electron chi connectivity index (χ2n) is 9.09. The van der Waals surface area contributed by atoms with Gasteiger partial charge in [0.25, 0.3) is 5.91 Å². The molecule has 0 bridgehead atoms. The predicted octanol–water partition coefficient (Wildman–Crippen LogP) is 7.68. The van der Waals surface area contributed by atoms with Crippen LogP contribution in [0, 0.1) is 5.92 Å². The molecule has 2 heterocycles. The van der Waals surface area contributed by atoms with Crippen LogP contribution in [0.5, 0.6) is 0 Å². The van der Waals surface area contributed by atoms with E-state index in [1.807, 2.05) is 12.2 Å². The number of halogens is 4. The van der Waals surface area contributed by atoms with Crippen molar-refractivity contribution >= 4 is 87.0 Å². The molecule has 0 spiro atoms. The Balaban J connectivity index is 1.51. The summed E-state index contributed by atoms with van der Waals surface area (Å²) >= 11 is 24.9. The maximum atomic E-state index is 13.0. The van der Waals surface area contributed by atoms with Gasteiger partial charge in [0.1, 0.15) is 11.5 Å². The molecule has 0 radical (unpaired) electrons. The van der Waals surface area contributed by atoms with Gasteiger partial charge in [0.05, 0.1) is 38.8 Å². The second kappa shape index (κ2) is 12.5. The quantitative estimate of drug-likeness (QED) is 0.183. The molecule has 2 aromatic rings. The van der Waals surface area contributed by atoms with E-state index in [9.17, 15) is 14.4 Å². The minimum atomic E-state index is -0.490. The third-order valence-electron chi connectivity index (χ3n) is 6.23. The number of hydrogen-bond donors (Lipinski definition) is 1. The van der Waals surface area contributed by atoms with E-state index in [0.717, 1.165) is 19.3 Å². The molecule has 1 N–H and O–H groups in total. The summed E-state index contributed by atoms with van der Waals surface area (Å²) in [4.78, 5) is 44.1. The van der Waals surface area contributed by atoms with Crippen molar-refractivity contribution in [2.45, 2.75) is 51.9 Å². The fraction of sp³-hybridized carbons (Fsp3) is 0.333. The van der Waals surface area contributed by atoms with E-state index in [1.54, 1.807) is 18.2 Å². The average molecular weight is 596 g/mol. The summed E-state index contributed by atoms with van der Waals surface area (Å²) in [6, 6.07) is 7.68. The number of aliphatic imine (C=N–C) groups is 1. The fourth-order valence-corrected chi connectivity index (χ4v) is 5.49. The summed E-state index contributed by atoms with van der Waals surface area (Å²) < 4.78 is 0. The highest BCUT2D eigenvalue weighted by Gasteiger charge is 2.38. The highest BCUT2D eigenvalue weighted by Crippen LogP contribution is 2.38. The Morgan fingerprint density at radius 1 is 0.974 bits per heavy atom. The summed E-state index contributed by atoms with van der Waals surface area (Å²) in [5.74, 6) is -1.11. The van der Waals surface area contributed by atoms with Gasteiger partial charge < -0.3 is 0 Å². The van der Waals surface area contributed by atoms with Crippen molar-refractivity contribution in [2.24, 2.45) is 10.9 Å². The van der Waals surface area contributed by atoms with Gasteiger partial charge in [-0.25, -0.2) is 14.9 Å². The lowest BCUT2D eigenvalue weighted by molar-refractivity contribution is -0.122. The van der Waals surface area contributed by atoms with E-state index < -0.39 is 5.92 Å². The molecule has 11 heteroatoms. The van der Waals surface area contributed by atoms with Gasteiger partial charge in [-0.3, -0.25) is 19.8 Å². The molecule has 1 atom stereocenters. The Labute approximate surface area is 241 Å². The van der Waals surface area contributed by atoms with Crippen molar-refractivity contribution in [3.63, 3.8) is 0 Å². The zero-order valence-corrected chi connectivity index (χ0v) is 23.7. The summed E-state index contributed by atoms with van der Waals surface area (Å²) in [7, 11) is 0. The van der Waals surface area contributed by atoms with E-state index in [4.69, 9.17) is 46.4 Å². The number of hydrazine groups is 1. The molecule has 2 aliphatic rings. The molecular formula is C27H26Cl4N4O3. The molecule has 38 heavy (non-hydrogen) atoms. The van der Waals surface area contributed by atoms with Gasteiger partial charge in [0.15, 0.2) is 0 Å². The molecule has 0 saturated carbocycles. The van der Waals surface area contributed by atoms with Crippen LogP contribution < -0.4 is 15.3 Å². The maximum absolute atomic E-state index is 13.0. The Morgan fingerprint density at radius 2 is 1.71 bits per heavy atom. The van der Waals surface area contributed by atoms with E-state index in [2.05, 4.69) is 17.3 Å². The molecule has 2 fully saturated rings. The van der Waals surface area contributed by atoms with Crippen molar-refractivity contribution in [2.75, 3.05) is 9.91 Å². The lowest BCUT2D eigenvalue weighted by Gasteiger charge is -2.19. The van der Waals surface area contributed by atoms with Crippen molar-refractivity contribution in [3.05, 3.63) is 62.6 Å². The smallest absolute Gasteiger partial charge is 0.253 e. The number of nitrogens with one attached hydrogen (secondary N) is 1. The number of rotatable bonds is 9. The summed E-state index contributed by atoms with van der Waals surface area (Å²) in [6.45, 7) is 2.16. The number of nitrogens with zero attached hydrogens (tertiary/aromatic N) is 3. The SMILES string of the molecule is CCCCCCC=CC1CC(=O)N(c2ccc(Cl)c(N=C3CC(=O)N(c4c(Cl)cc(Cl)cc4Cl)N3)c2)C1=O. The third kappa shape index (κ3) is 6.34. The van der Waals surface area contributed by atoms with Gasteiger partial charge in [0.2, 0.25) is 11.8 Å². The Bertz CT molecular complexity index is 1300. The second-order valence-corrected chi connectivity index (χ2v) is 10.7. The van der Waals surface area contributed by atoms with Crippen LogP contribution >= 0.6 is 46.4 Å². The first-order valence-electron chi connectivity index (χ1n) is 12.3. The number of imide groups is 1. The van der Waals surface area contributed by atoms with Gasteiger partial charge in [0, 0.05) is 11.4 Å². The largest absolute Gasteiger partial charge is 0.277 e. The number of unbranched alkanes of at least 4 members (excludes halogenated alkanes) is 4. The molecule has 2 saturated heterocycles. The van der Waals surface area contributed by atoms with E-state index in [-0.39, 0.29) is 46.3 Å². The highest BCUT2D eigenvalue weighted by atomic mass is 35.5. The number of amidine groups is 1. The van der Waals surface area contributed by atoms with E-state index >= 15 is 0 Å². The van der Waals surface area contributed by atoms with Gasteiger partial charge in [-0.2, -0.15) is 0 Å². The van der Waals surface area contributed by atoms with Crippen LogP contribution in [0.2, 0.25) is 20.1 Å². The third-order valence-corrected chi connectivity index (χ3v) is 7.35. The number of benzene rings is 2. The molecule has 0 aromatic heterocycles. The minimum absolute atomic E-state index is 0.0669. The molecule has 0 aliphatic carbocycles. The first-order chi connectivity index (χ1) is 18.2. The number of carbonyl (C=O) groups excluding carboxylic acids is 3. The minimum Gasteiger partial charge on any atom is -0.277 e. The Morgan fingerprint density at radius 3 is 2.42 bits per heavy atom. The Kier molecular flexibility index (Phi) is 9.36. The molecular weight excluding hydrogens is 570 g/mol. The Hall–Kier alpha value is -2.58. The van der Waals surface area contributed by atoms with Crippen LogP contribution in [0.4, 0.5) is 17.1 Å². The standard InChI is InChI=1S/C27H26Cl4N4O3/c1-2-3-4-5-6-7-8-16-11-24(36)34(27(16)38)18-9-10-19(29)22(14-18)32-23-15-25(37)35(33-23)26-20(30)12-17(28)13-21(26)31/h7-10,12-14,16H,2-6,11,15H2,1H3,(H,32,33). The monoisotopic (exact) mass is 594 g/mol. The first-order valence-corrected chi connectivity index (χ1v) is 13.9. The van der Waals surface area contributed by atoms with E-state index in [0.29, 0.717) is 27.3 Å². The summed E-state index contributed by atoms with van der Waals surface area (Å²) in [5.41, 5.74) is 3.81. The zero-order chi connectivity index (χ0) is 27.4. The van der Waals surface area contributed by atoms with Gasteiger partial charge in [-0.05, 0) is 43.2 Å². The lowest BCUT2D eigenvalue weighted by Crippen LogP contribution is -2.36. The number of anilines is 2. The highest BCUT2D eigenvalue weighted by molar-refractivity contribution is 6.42. The maximum Gasteiger partial charge on any atom is 0.253 e. The van der Waals surface area contributed by atoms with Crippen LogP contribution in [0.3, 0.4) is 0 Å². The number of hydrogen-bond acceptors (Lipinski definition) is 4. The van der Waals surface area contributed by atoms with Crippen molar-refractivity contribution in [1.29, 1.82) is 0 Å². The molecule has 3 amide bonds. The number of carbonyl (C=O) groups is 3. The number of amides is 3. The molecule has 200 valence electrons. The van der Waals surface area contributed by atoms with Crippen molar-refractivity contribution < 1.29 is 14.4 Å².